The van der Waals surface area contributed by atoms with Crippen LogP contribution in [0.2, 0.25) is 0 Å². The molecule has 6 N–H and O–H groups in total. The van der Waals surface area contributed by atoms with Crippen LogP contribution in [-0.4, -0.2) is 31.4 Å². The van der Waals surface area contributed by atoms with Crippen molar-refractivity contribution in [3.05, 3.63) is 23.3 Å². The monoisotopic (exact) mass is 315 g/mol. The molecule has 0 saturated heterocycles. The standard InChI is InChI=1S/C12H17N3O5S/c1-6-3-8(21(14,19)20)4-10(7(6)2)15-12(18)9(13)5-11(16)17/h3-4,9H,5,13H2,1-2H3,(H,15,18)(H,16,17)(H2,14,19,20). The molecule has 1 atom stereocenters. The minimum atomic E-state index is -3.92. The molecule has 0 aliphatic carbocycles. The van der Waals surface area contributed by atoms with Crippen LogP contribution in [0.5, 0.6) is 0 Å². The molecule has 1 amide bonds. The van der Waals surface area contributed by atoms with E-state index in [1.807, 2.05) is 0 Å². The Balaban J connectivity index is 3.11. The highest BCUT2D eigenvalue weighted by Gasteiger charge is 2.19. The predicted octanol–water partition coefficient (Wildman–Crippen LogP) is -0.309. The quantitative estimate of drug-likeness (QED) is 0.584. The largest absolute Gasteiger partial charge is 0.481 e. The fourth-order valence-corrected chi connectivity index (χ4v) is 2.25. The number of carboxylic acid groups (broad SMARTS) is 1. The molecule has 0 fully saturated rings. The van der Waals surface area contributed by atoms with Crippen LogP contribution in [0.25, 0.3) is 0 Å². The van der Waals surface area contributed by atoms with Gasteiger partial charge in [-0.1, -0.05) is 0 Å². The number of nitrogens with two attached hydrogens (primary N) is 2. The van der Waals surface area contributed by atoms with Gasteiger partial charge in [0.15, 0.2) is 0 Å². The van der Waals surface area contributed by atoms with Crippen molar-refractivity contribution in [2.45, 2.75) is 31.2 Å². The van der Waals surface area contributed by atoms with Crippen molar-refractivity contribution < 1.29 is 23.1 Å². The van der Waals surface area contributed by atoms with Crippen molar-refractivity contribution >= 4 is 27.6 Å². The van der Waals surface area contributed by atoms with Gasteiger partial charge in [0.05, 0.1) is 17.4 Å². The van der Waals surface area contributed by atoms with Crippen LogP contribution in [0.3, 0.4) is 0 Å². The van der Waals surface area contributed by atoms with Crippen LogP contribution in [0.15, 0.2) is 17.0 Å². The van der Waals surface area contributed by atoms with Gasteiger partial charge in [0.2, 0.25) is 15.9 Å². The molecule has 0 saturated carbocycles. The van der Waals surface area contributed by atoms with Crippen LogP contribution in [0, 0.1) is 13.8 Å². The van der Waals surface area contributed by atoms with E-state index in [0.29, 0.717) is 11.1 Å². The smallest absolute Gasteiger partial charge is 0.305 e. The maximum atomic E-state index is 11.8. The molecule has 8 nitrogen and oxygen atoms in total. The molecule has 0 bridgehead atoms. The minimum absolute atomic E-state index is 0.146. The second kappa shape index (κ2) is 6.20. The number of hydrogen-bond donors (Lipinski definition) is 4. The summed E-state index contributed by atoms with van der Waals surface area (Å²) in [5.74, 6) is -1.92. The lowest BCUT2D eigenvalue weighted by Crippen LogP contribution is -2.37. The molecular formula is C12H17N3O5S. The fraction of sp³-hybridized carbons (Fsp3) is 0.333. The first-order valence-corrected chi connectivity index (χ1v) is 7.49. The van der Waals surface area contributed by atoms with Gasteiger partial charge in [-0.25, -0.2) is 13.6 Å². The number of rotatable bonds is 5. The number of carbonyl (C=O) groups is 2. The van der Waals surface area contributed by atoms with Crippen molar-refractivity contribution in [3.63, 3.8) is 0 Å². The molecule has 0 heterocycles. The molecule has 0 aliphatic heterocycles. The number of carboxylic acids is 1. The molecule has 0 aliphatic rings. The van der Waals surface area contributed by atoms with Crippen LogP contribution in [0.1, 0.15) is 17.5 Å². The summed E-state index contributed by atoms with van der Waals surface area (Å²) < 4.78 is 22.8. The van der Waals surface area contributed by atoms with Crippen LogP contribution in [0.4, 0.5) is 5.69 Å². The number of nitrogens with one attached hydrogen (secondary N) is 1. The third-order valence-electron chi connectivity index (χ3n) is 2.96. The number of anilines is 1. The van der Waals surface area contributed by atoms with E-state index in [1.165, 1.54) is 12.1 Å². The van der Waals surface area contributed by atoms with E-state index in [9.17, 15) is 18.0 Å². The van der Waals surface area contributed by atoms with E-state index in [2.05, 4.69) is 5.32 Å². The first-order chi connectivity index (χ1) is 9.52. The molecule has 1 aromatic carbocycles. The van der Waals surface area contributed by atoms with Crippen molar-refractivity contribution in [2.24, 2.45) is 10.9 Å². The van der Waals surface area contributed by atoms with Crippen LogP contribution < -0.4 is 16.2 Å². The van der Waals surface area contributed by atoms with Gasteiger partial charge in [-0.3, -0.25) is 9.59 Å². The van der Waals surface area contributed by atoms with Gasteiger partial charge >= 0.3 is 5.97 Å². The summed E-state index contributed by atoms with van der Waals surface area (Å²) in [6.07, 6.45) is -0.529. The van der Waals surface area contributed by atoms with Crippen LogP contribution >= 0.6 is 0 Å². The average Bonchev–Trinajstić information content (AvgIpc) is 2.32. The zero-order chi connectivity index (χ0) is 16.4. The second-order valence-corrected chi connectivity index (χ2v) is 6.21. The number of aryl methyl sites for hydroxylation is 1. The number of benzene rings is 1. The Hall–Kier alpha value is -1.97. The number of amides is 1. The number of carbonyl (C=O) groups excluding carboxylic acids is 1. The lowest BCUT2D eigenvalue weighted by molar-refractivity contribution is -0.138. The number of hydrogen-bond acceptors (Lipinski definition) is 5. The predicted molar refractivity (Wildman–Crippen MR) is 76.1 cm³/mol. The number of sulfonamides is 1. The first kappa shape index (κ1) is 17.1. The van der Waals surface area contributed by atoms with E-state index < -0.39 is 34.4 Å². The summed E-state index contributed by atoms with van der Waals surface area (Å²) in [4.78, 5) is 22.2. The molecule has 1 unspecified atom stereocenters. The third-order valence-corrected chi connectivity index (χ3v) is 3.85. The van der Waals surface area contributed by atoms with Gasteiger partial charge in [0, 0.05) is 5.69 Å². The van der Waals surface area contributed by atoms with Gasteiger partial charge in [0.1, 0.15) is 0 Å². The second-order valence-electron chi connectivity index (χ2n) is 4.65. The Labute approximate surface area is 122 Å². The van der Waals surface area contributed by atoms with Crippen molar-refractivity contribution in [3.8, 4) is 0 Å². The highest BCUT2D eigenvalue weighted by atomic mass is 32.2. The normalized spacial score (nSPS) is 12.8. The molecule has 116 valence electrons. The molecular weight excluding hydrogens is 298 g/mol. The highest BCUT2D eigenvalue weighted by molar-refractivity contribution is 7.89. The molecule has 9 heteroatoms. The Morgan fingerprint density at radius 2 is 1.90 bits per heavy atom. The van der Waals surface area contributed by atoms with Gasteiger partial charge in [-0.05, 0) is 37.1 Å². The molecule has 1 aromatic rings. The van der Waals surface area contributed by atoms with Crippen molar-refractivity contribution in [1.82, 2.24) is 0 Å². The molecule has 21 heavy (non-hydrogen) atoms. The fourth-order valence-electron chi connectivity index (χ4n) is 1.63. The maximum Gasteiger partial charge on any atom is 0.305 e. The maximum absolute atomic E-state index is 11.8. The van der Waals surface area contributed by atoms with Gasteiger partial charge in [-0.2, -0.15) is 0 Å². The van der Waals surface area contributed by atoms with Gasteiger partial charge < -0.3 is 16.2 Å². The van der Waals surface area contributed by atoms with Crippen molar-refractivity contribution in [2.75, 3.05) is 5.32 Å². The Morgan fingerprint density at radius 1 is 1.33 bits per heavy atom. The van der Waals surface area contributed by atoms with Crippen molar-refractivity contribution in [1.29, 1.82) is 0 Å². The molecule has 0 radical (unpaired) electrons. The zero-order valence-corrected chi connectivity index (χ0v) is 12.4. The van der Waals surface area contributed by atoms with Gasteiger partial charge in [-0.15, -0.1) is 0 Å². The SMILES string of the molecule is Cc1cc(S(N)(=O)=O)cc(NC(=O)C(N)CC(=O)O)c1C. The number of aliphatic carboxylic acids is 1. The molecule has 1 rings (SSSR count). The summed E-state index contributed by atoms with van der Waals surface area (Å²) in [6, 6.07) is 1.36. The molecule has 0 aromatic heterocycles. The van der Waals surface area contributed by atoms with E-state index in [-0.39, 0.29) is 10.6 Å². The third kappa shape index (κ3) is 4.52. The average molecular weight is 315 g/mol. The summed E-state index contributed by atoms with van der Waals surface area (Å²) in [5.41, 5.74) is 6.92. The Morgan fingerprint density at radius 3 is 2.38 bits per heavy atom. The van der Waals surface area contributed by atoms with Crippen LogP contribution in [-0.2, 0) is 19.6 Å². The number of primary sulfonamides is 1. The van der Waals surface area contributed by atoms with Gasteiger partial charge in [0.25, 0.3) is 0 Å². The Bertz CT molecular complexity index is 684. The summed E-state index contributed by atoms with van der Waals surface area (Å²) in [5, 5.41) is 16.1. The molecule has 0 spiro atoms. The zero-order valence-electron chi connectivity index (χ0n) is 11.6. The first-order valence-electron chi connectivity index (χ1n) is 5.94. The van der Waals surface area contributed by atoms with E-state index in [1.54, 1.807) is 13.8 Å². The lowest BCUT2D eigenvalue weighted by Gasteiger charge is -2.15. The van der Waals surface area contributed by atoms with E-state index in [4.69, 9.17) is 16.0 Å². The van der Waals surface area contributed by atoms with E-state index >= 15 is 0 Å². The Kier molecular flexibility index (Phi) is 5.05. The summed E-state index contributed by atoms with van der Waals surface area (Å²) in [6.45, 7) is 3.34. The van der Waals surface area contributed by atoms with E-state index in [0.717, 1.165) is 0 Å². The lowest BCUT2D eigenvalue weighted by atomic mass is 10.1. The topological polar surface area (TPSA) is 153 Å². The summed E-state index contributed by atoms with van der Waals surface area (Å²) in [7, 11) is -3.92. The minimum Gasteiger partial charge on any atom is -0.481 e. The summed E-state index contributed by atoms with van der Waals surface area (Å²) >= 11 is 0. The highest BCUT2D eigenvalue weighted by Crippen LogP contribution is 2.23.